The second-order valence-corrected chi connectivity index (χ2v) is 7.53. The summed E-state index contributed by atoms with van der Waals surface area (Å²) >= 11 is 1.21. The van der Waals surface area contributed by atoms with Crippen molar-refractivity contribution in [3.63, 3.8) is 0 Å². The molecular weight excluding hydrogens is 400 g/mol. The third-order valence-electron chi connectivity index (χ3n) is 4.66. The maximum absolute atomic E-state index is 12.8. The largest absolute Gasteiger partial charge is 0.495 e. The lowest BCUT2D eigenvalue weighted by Crippen LogP contribution is -2.21. The number of rotatable bonds is 6. The number of para-hydroxylation sites is 2. The summed E-state index contributed by atoms with van der Waals surface area (Å²) in [5.74, 6) is 0.480. The van der Waals surface area contributed by atoms with Gasteiger partial charge in [0.05, 0.1) is 18.6 Å². The molecule has 1 amide bonds. The van der Waals surface area contributed by atoms with E-state index in [0.717, 1.165) is 11.1 Å². The third-order valence-corrected chi connectivity index (χ3v) is 5.69. The fourth-order valence-corrected chi connectivity index (χ4v) is 3.92. The van der Waals surface area contributed by atoms with Crippen LogP contribution >= 0.6 is 11.8 Å². The fraction of sp³-hybridized carbons (Fsp3) is 0.136. The van der Waals surface area contributed by atoms with E-state index >= 15 is 0 Å². The molecule has 0 atom stereocenters. The molecule has 4 rings (SSSR count). The van der Waals surface area contributed by atoms with Crippen LogP contribution in [0.15, 0.2) is 70.7 Å². The molecule has 8 heteroatoms. The number of fused-ring (bicyclic) bond motifs is 1. The zero-order valence-electron chi connectivity index (χ0n) is 16.5. The SMILES string of the molecule is COc1ccccc1NC(=O)CSc1nc2c(-c3ccccc3)c[nH]c2c(=O)n1C. The van der Waals surface area contributed by atoms with E-state index in [9.17, 15) is 9.59 Å². The molecule has 0 radical (unpaired) electrons. The lowest BCUT2D eigenvalue weighted by Gasteiger charge is -2.10. The van der Waals surface area contributed by atoms with Gasteiger partial charge in [-0.05, 0) is 17.7 Å². The number of hydrogen-bond acceptors (Lipinski definition) is 5. The van der Waals surface area contributed by atoms with E-state index in [2.05, 4.69) is 15.3 Å². The number of methoxy groups -OCH3 is 1. The highest BCUT2D eigenvalue weighted by Crippen LogP contribution is 2.28. The van der Waals surface area contributed by atoms with Crippen LogP contribution in [0.3, 0.4) is 0 Å². The summed E-state index contributed by atoms with van der Waals surface area (Å²) in [6.07, 6.45) is 1.79. The average Bonchev–Trinajstić information content (AvgIpc) is 3.20. The van der Waals surface area contributed by atoms with Gasteiger partial charge >= 0.3 is 0 Å². The first-order valence-corrected chi connectivity index (χ1v) is 10.3. The van der Waals surface area contributed by atoms with Crippen molar-refractivity contribution >= 4 is 34.4 Å². The molecule has 152 valence electrons. The Morgan fingerprint density at radius 2 is 1.90 bits per heavy atom. The number of aromatic nitrogens is 3. The number of hydrogen-bond donors (Lipinski definition) is 2. The number of carbonyl (C=O) groups excluding carboxylic acids is 1. The molecule has 2 aromatic carbocycles. The van der Waals surface area contributed by atoms with Gasteiger partial charge in [0.2, 0.25) is 5.91 Å². The van der Waals surface area contributed by atoms with E-state index in [0.29, 0.717) is 27.6 Å². The molecule has 0 fully saturated rings. The number of H-pyrrole nitrogens is 1. The van der Waals surface area contributed by atoms with E-state index in [1.807, 2.05) is 42.5 Å². The van der Waals surface area contributed by atoms with Crippen molar-refractivity contribution in [3.8, 4) is 16.9 Å². The maximum atomic E-state index is 12.8. The number of nitrogens with zero attached hydrogens (tertiary/aromatic N) is 2. The normalized spacial score (nSPS) is 10.9. The number of amides is 1. The van der Waals surface area contributed by atoms with Crippen molar-refractivity contribution in [1.82, 2.24) is 14.5 Å². The van der Waals surface area contributed by atoms with Gasteiger partial charge < -0.3 is 15.0 Å². The van der Waals surface area contributed by atoms with Gasteiger partial charge in [-0.2, -0.15) is 0 Å². The van der Waals surface area contributed by atoms with E-state index < -0.39 is 0 Å². The quantitative estimate of drug-likeness (QED) is 0.367. The number of ether oxygens (including phenoxy) is 1. The Bertz CT molecular complexity index is 1260. The number of carbonyl (C=O) groups is 1. The van der Waals surface area contributed by atoms with Gasteiger partial charge in [0.1, 0.15) is 16.8 Å². The Morgan fingerprint density at radius 3 is 2.67 bits per heavy atom. The van der Waals surface area contributed by atoms with E-state index in [1.165, 1.54) is 16.3 Å². The predicted octanol–water partition coefficient (Wildman–Crippen LogP) is 3.67. The highest BCUT2D eigenvalue weighted by atomic mass is 32.2. The van der Waals surface area contributed by atoms with Gasteiger partial charge in [-0.3, -0.25) is 14.2 Å². The molecule has 4 aromatic rings. The number of aromatic amines is 1. The molecule has 0 bridgehead atoms. The van der Waals surface area contributed by atoms with Gasteiger partial charge in [0.15, 0.2) is 5.16 Å². The molecule has 0 aliphatic heterocycles. The Hall–Kier alpha value is -3.52. The standard InChI is InChI=1S/C22H20N4O3S/c1-26-21(28)20-19(15(12-23-20)14-8-4-3-5-9-14)25-22(26)30-13-18(27)24-16-10-6-7-11-17(16)29-2/h3-12,23H,13H2,1-2H3,(H,24,27). The predicted molar refractivity (Wildman–Crippen MR) is 119 cm³/mol. The van der Waals surface area contributed by atoms with Crippen molar-refractivity contribution in [2.45, 2.75) is 5.16 Å². The molecule has 0 spiro atoms. The Labute approximate surface area is 177 Å². The molecule has 0 aliphatic carbocycles. The van der Waals surface area contributed by atoms with Gasteiger partial charge in [-0.25, -0.2) is 4.98 Å². The summed E-state index contributed by atoms with van der Waals surface area (Å²) in [5, 5.41) is 3.30. The number of benzene rings is 2. The van der Waals surface area contributed by atoms with Gasteiger partial charge in [-0.1, -0.05) is 54.2 Å². The molecule has 0 saturated carbocycles. The molecule has 30 heavy (non-hydrogen) atoms. The monoisotopic (exact) mass is 420 g/mol. The summed E-state index contributed by atoms with van der Waals surface area (Å²) in [7, 11) is 3.20. The maximum Gasteiger partial charge on any atom is 0.278 e. The molecule has 7 nitrogen and oxygen atoms in total. The van der Waals surface area contributed by atoms with Crippen LogP contribution in [0.2, 0.25) is 0 Å². The molecule has 0 unspecified atom stereocenters. The molecule has 2 N–H and O–H groups in total. The lowest BCUT2D eigenvalue weighted by atomic mass is 10.1. The van der Waals surface area contributed by atoms with Crippen LogP contribution in [-0.4, -0.2) is 33.3 Å². The molecule has 2 aromatic heterocycles. The molecule has 2 heterocycles. The van der Waals surface area contributed by atoms with Gasteiger partial charge in [0, 0.05) is 18.8 Å². The third kappa shape index (κ3) is 3.81. The van der Waals surface area contributed by atoms with Crippen molar-refractivity contribution in [3.05, 3.63) is 71.1 Å². The van der Waals surface area contributed by atoms with E-state index in [4.69, 9.17) is 4.74 Å². The topological polar surface area (TPSA) is 89.0 Å². The lowest BCUT2D eigenvalue weighted by molar-refractivity contribution is -0.113. The second-order valence-electron chi connectivity index (χ2n) is 6.59. The van der Waals surface area contributed by atoms with Crippen molar-refractivity contribution < 1.29 is 9.53 Å². The smallest absolute Gasteiger partial charge is 0.278 e. The minimum absolute atomic E-state index is 0.106. The van der Waals surface area contributed by atoms with E-state index in [1.54, 1.807) is 32.5 Å². The first-order valence-electron chi connectivity index (χ1n) is 9.27. The van der Waals surface area contributed by atoms with Gasteiger partial charge in [0.25, 0.3) is 5.56 Å². The molecular formula is C22H20N4O3S. The van der Waals surface area contributed by atoms with Crippen LogP contribution in [0.5, 0.6) is 5.75 Å². The Balaban J connectivity index is 1.59. The average molecular weight is 420 g/mol. The second kappa shape index (κ2) is 8.46. The number of thioether (sulfide) groups is 1. The summed E-state index contributed by atoms with van der Waals surface area (Å²) in [6.45, 7) is 0. The molecule has 0 saturated heterocycles. The summed E-state index contributed by atoms with van der Waals surface area (Å²) in [5.41, 5.74) is 3.27. The minimum Gasteiger partial charge on any atom is -0.495 e. The van der Waals surface area contributed by atoms with Crippen LogP contribution in [0.4, 0.5) is 5.69 Å². The van der Waals surface area contributed by atoms with Crippen LogP contribution in [0, 0.1) is 0 Å². The van der Waals surface area contributed by atoms with Crippen LogP contribution in [0.1, 0.15) is 0 Å². The highest BCUT2D eigenvalue weighted by Gasteiger charge is 2.16. The highest BCUT2D eigenvalue weighted by molar-refractivity contribution is 7.99. The zero-order valence-corrected chi connectivity index (χ0v) is 17.3. The number of anilines is 1. The zero-order chi connectivity index (χ0) is 21.1. The number of nitrogens with one attached hydrogen (secondary N) is 2. The van der Waals surface area contributed by atoms with Crippen molar-refractivity contribution in [1.29, 1.82) is 0 Å². The Kier molecular flexibility index (Phi) is 5.58. The first kappa shape index (κ1) is 19.8. The first-order chi connectivity index (χ1) is 14.6. The summed E-state index contributed by atoms with van der Waals surface area (Å²) < 4.78 is 6.71. The van der Waals surface area contributed by atoms with Gasteiger partial charge in [-0.15, -0.1) is 0 Å². The fourth-order valence-electron chi connectivity index (χ4n) is 3.15. The van der Waals surface area contributed by atoms with Crippen LogP contribution in [0.25, 0.3) is 22.2 Å². The minimum atomic E-state index is -0.212. The van der Waals surface area contributed by atoms with Crippen molar-refractivity contribution in [2.24, 2.45) is 7.05 Å². The summed E-state index contributed by atoms with van der Waals surface area (Å²) in [4.78, 5) is 32.9. The summed E-state index contributed by atoms with van der Waals surface area (Å²) in [6, 6.07) is 16.9. The van der Waals surface area contributed by atoms with Crippen molar-refractivity contribution in [2.75, 3.05) is 18.2 Å². The Morgan fingerprint density at radius 1 is 1.17 bits per heavy atom. The van der Waals surface area contributed by atoms with Crippen LogP contribution in [-0.2, 0) is 11.8 Å². The van der Waals surface area contributed by atoms with Crippen LogP contribution < -0.4 is 15.6 Å². The molecule has 0 aliphatic rings. The van der Waals surface area contributed by atoms with E-state index in [-0.39, 0.29) is 17.2 Å².